The Kier molecular flexibility index (Phi) is 19.7. The molecule has 0 amide bonds. The van der Waals surface area contributed by atoms with Crippen molar-refractivity contribution in [2.24, 2.45) is 0 Å². The number of rotatable bonds is 16. The highest BCUT2D eigenvalue weighted by Gasteiger charge is 2.27. The zero-order valence-electron chi connectivity index (χ0n) is 18.3. The summed E-state index contributed by atoms with van der Waals surface area (Å²) >= 11 is -1.22. The first-order valence-corrected chi connectivity index (χ1v) is 12.1. The molecule has 0 spiro atoms. The molecule has 2 unspecified atom stereocenters. The predicted octanol–water partition coefficient (Wildman–Crippen LogP) is 6.38. The molecule has 0 saturated heterocycles. The molecule has 0 aromatic rings. The molecule has 0 aromatic heterocycles. The van der Waals surface area contributed by atoms with E-state index < -0.39 is 16.4 Å². The maximum atomic E-state index is 11.7. The second-order valence-electron chi connectivity index (χ2n) is 6.39. The molecule has 0 rings (SSSR count). The molecule has 2 atom stereocenters. The van der Waals surface area contributed by atoms with E-state index in [1.807, 2.05) is 12.2 Å². The van der Waals surface area contributed by atoms with Gasteiger partial charge >= 0.3 is 5.97 Å². The number of ether oxygens (including phenoxy) is 1. The third-order valence-corrected chi connectivity index (χ3v) is 5.08. The maximum absolute atomic E-state index is 11.7. The molecular formula is C25H38O3S. The van der Waals surface area contributed by atoms with Gasteiger partial charge in [-0.05, 0) is 56.6 Å². The second-order valence-corrected chi connectivity index (χ2v) is 7.96. The molecule has 0 aliphatic carbocycles. The van der Waals surface area contributed by atoms with Crippen LogP contribution in [0, 0.1) is 0 Å². The van der Waals surface area contributed by atoms with Crippen LogP contribution in [0.1, 0.15) is 58.8 Å². The van der Waals surface area contributed by atoms with Crippen molar-refractivity contribution in [2.45, 2.75) is 64.0 Å². The monoisotopic (exact) mass is 418 g/mol. The number of hydrogen-bond donors (Lipinski definition) is 0. The lowest BCUT2D eigenvalue weighted by Crippen LogP contribution is -2.30. The highest BCUT2D eigenvalue weighted by atomic mass is 32.2. The van der Waals surface area contributed by atoms with Crippen LogP contribution in [0.2, 0.25) is 0 Å². The van der Waals surface area contributed by atoms with Gasteiger partial charge in [0.05, 0.1) is 12.9 Å². The number of esters is 1. The maximum Gasteiger partial charge on any atom is 0.359 e. The lowest BCUT2D eigenvalue weighted by atomic mass is 10.2. The van der Waals surface area contributed by atoms with Crippen LogP contribution in [0.5, 0.6) is 0 Å². The van der Waals surface area contributed by atoms with Gasteiger partial charge in [0, 0.05) is 6.42 Å². The molecule has 4 heteroatoms. The van der Waals surface area contributed by atoms with Gasteiger partial charge in [0.1, 0.15) is 0 Å². The molecule has 0 N–H and O–H groups in total. The van der Waals surface area contributed by atoms with Gasteiger partial charge in [-0.2, -0.15) is 0 Å². The topological polar surface area (TPSA) is 49.4 Å². The van der Waals surface area contributed by atoms with Gasteiger partial charge in [-0.1, -0.05) is 79.8 Å². The summed E-state index contributed by atoms with van der Waals surface area (Å²) in [5.74, 6) is -0.382. The van der Waals surface area contributed by atoms with Crippen LogP contribution in [0.4, 0.5) is 0 Å². The fourth-order valence-corrected chi connectivity index (χ4v) is 3.07. The predicted molar refractivity (Wildman–Crippen MR) is 127 cm³/mol. The molecule has 29 heavy (non-hydrogen) atoms. The number of carbonyl (C=O) groups excluding carboxylic acids is 1. The summed E-state index contributed by atoms with van der Waals surface area (Å²) in [6.45, 7) is 4.22. The zero-order chi connectivity index (χ0) is 21.6. The van der Waals surface area contributed by atoms with Crippen molar-refractivity contribution in [2.75, 3.05) is 12.9 Å². The fraction of sp³-hybridized carbons (Fsp3) is 0.480. The van der Waals surface area contributed by atoms with Crippen LogP contribution in [-0.2, 0) is 20.7 Å². The molecule has 0 fully saturated rings. The summed E-state index contributed by atoms with van der Waals surface area (Å²) in [5.41, 5.74) is 0. The molecule has 162 valence electrons. The Morgan fingerprint density at radius 2 is 1.14 bits per heavy atom. The average molecular weight is 419 g/mol. The molecule has 0 aliphatic heterocycles. The normalized spacial score (nSPS) is 15.0. The van der Waals surface area contributed by atoms with Gasteiger partial charge in [0.15, 0.2) is 0 Å². The Labute approximate surface area is 181 Å². The second kappa shape index (κ2) is 20.9. The van der Waals surface area contributed by atoms with Crippen LogP contribution < -0.4 is 0 Å². The van der Waals surface area contributed by atoms with E-state index in [0.717, 1.165) is 38.5 Å². The third kappa shape index (κ3) is 18.0. The first kappa shape index (κ1) is 27.2. The van der Waals surface area contributed by atoms with Crippen LogP contribution in [-0.4, -0.2) is 28.6 Å². The summed E-state index contributed by atoms with van der Waals surface area (Å²) in [7, 11) is 0. The SMILES string of the molecule is CC/C=C\C/C=C\C/C=C\C/C=C\C/C=C\C/C=C\CC(C(=O)OCC)[S+](C)[O-]. The Hall–Kier alpha value is -1.78. The van der Waals surface area contributed by atoms with Crippen LogP contribution >= 0.6 is 0 Å². The zero-order valence-corrected chi connectivity index (χ0v) is 19.1. The molecular weight excluding hydrogens is 380 g/mol. The Bertz CT molecular complexity index is 569. The number of carbonyl (C=O) groups is 1. The molecule has 0 heterocycles. The molecule has 3 nitrogen and oxygen atoms in total. The average Bonchev–Trinajstić information content (AvgIpc) is 2.69. The van der Waals surface area contributed by atoms with Crippen molar-refractivity contribution in [1.82, 2.24) is 0 Å². The summed E-state index contributed by atoms with van der Waals surface area (Å²) in [5, 5.41) is -0.570. The van der Waals surface area contributed by atoms with Gasteiger partial charge in [0.25, 0.3) is 0 Å². The van der Waals surface area contributed by atoms with E-state index >= 15 is 0 Å². The fourth-order valence-electron chi connectivity index (χ4n) is 2.34. The Morgan fingerprint density at radius 3 is 1.48 bits per heavy atom. The van der Waals surface area contributed by atoms with Crippen molar-refractivity contribution in [3.63, 3.8) is 0 Å². The molecule has 0 aromatic carbocycles. The molecule has 0 aliphatic rings. The smallest absolute Gasteiger partial charge is 0.359 e. The molecule has 0 bridgehead atoms. The van der Waals surface area contributed by atoms with Crippen molar-refractivity contribution in [3.8, 4) is 0 Å². The minimum absolute atomic E-state index is 0.316. The lowest BCUT2D eigenvalue weighted by Gasteiger charge is -2.15. The van der Waals surface area contributed by atoms with E-state index in [-0.39, 0.29) is 5.97 Å². The van der Waals surface area contributed by atoms with Gasteiger partial charge in [-0.25, -0.2) is 4.79 Å². The van der Waals surface area contributed by atoms with E-state index in [1.165, 1.54) is 0 Å². The van der Waals surface area contributed by atoms with Gasteiger partial charge in [-0.15, -0.1) is 0 Å². The Balaban J connectivity index is 3.84. The standard InChI is InChI=1S/C25H38O3S/c1-4-6-7-8-9-10-11-12-13-14-15-16-17-18-19-20-21-22-23-24(29(3)27)25(26)28-5-2/h6-7,9-10,12-13,15-16,18-19,21-22,24H,4-5,8,11,14,17,20,23H2,1-3H3/b7-6-,10-9-,13-12-,16-15-,19-18-,22-21-. The minimum atomic E-state index is -1.22. The summed E-state index contributed by atoms with van der Waals surface area (Å²) in [4.78, 5) is 11.7. The van der Waals surface area contributed by atoms with Crippen molar-refractivity contribution >= 4 is 17.1 Å². The lowest BCUT2D eigenvalue weighted by molar-refractivity contribution is -0.142. The van der Waals surface area contributed by atoms with E-state index in [1.54, 1.807) is 13.2 Å². The quantitative estimate of drug-likeness (QED) is 0.166. The molecule has 0 radical (unpaired) electrons. The summed E-state index contributed by atoms with van der Waals surface area (Å²) < 4.78 is 16.6. The summed E-state index contributed by atoms with van der Waals surface area (Å²) in [6, 6.07) is 0. The minimum Gasteiger partial charge on any atom is -0.616 e. The Morgan fingerprint density at radius 1 is 0.759 bits per heavy atom. The van der Waals surface area contributed by atoms with E-state index in [4.69, 9.17) is 4.74 Å². The van der Waals surface area contributed by atoms with Crippen molar-refractivity contribution in [3.05, 3.63) is 72.9 Å². The van der Waals surface area contributed by atoms with Crippen LogP contribution in [0.15, 0.2) is 72.9 Å². The summed E-state index contributed by atoms with van der Waals surface area (Å²) in [6.07, 6.45) is 33.4. The van der Waals surface area contributed by atoms with Crippen molar-refractivity contribution < 1.29 is 14.1 Å². The van der Waals surface area contributed by atoms with Crippen molar-refractivity contribution in [1.29, 1.82) is 0 Å². The van der Waals surface area contributed by atoms with Gasteiger partial charge in [0.2, 0.25) is 5.25 Å². The third-order valence-electron chi connectivity index (χ3n) is 3.90. The van der Waals surface area contributed by atoms with Crippen LogP contribution in [0.3, 0.4) is 0 Å². The van der Waals surface area contributed by atoms with E-state index in [2.05, 4.69) is 67.7 Å². The largest absolute Gasteiger partial charge is 0.616 e. The first-order valence-electron chi connectivity index (χ1n) is 10.5. The first-order chi connectivity index (χ1) is 14.1. The van der Waals surface area contributed by atoms with E-state index in [0.29, 0.717) is 13.0 Å². The van der Waals surface area contributed by atoms with Gasteiger partial charge < -0.3 is 9.29 Å². The number of hydrogen-bond acceptors (Lipinski definition) is 3. The van der Waals surface area contributed by atoms with E-state index in [9.17, 15) is 9.35 Å². The molecule has 0 saturated carbocycles. The highest BCUT2D eigenvalue weighted by molar-refractivity contribution is 7.92. The van der Waals surface area contributed by atoms with Crippen LogP contribution in [0.25, 0.3) is 0 Å². The van der Waals surface area contributed by atoms with Gasteiger partial charge in [-0.3, -0.25) is 0 Å². The highest BCUT2D eigenvalue weighted by Crippen LogP contribution is 2.09. The number of allylic oxidation sites excluding steroid dienone is 12.